The van der Waals surface area contributed by atoms with E-state index < -0.39 is 0 Å². The van der Waals surface area contributed by atoms with Crippen molar-refractivity contribution in [2.75, 3.05) is 5.32 Å². The second kappa shape index (κ2) is 5.85. The maximum absolute atomic E-state index is 12.3. The molecule has 2 heterocycles. The third-order valence-electron chi connectivity index (χ3n) is 2.90. The number of aryl methyl sites for hydroxylation is 1. The number of pyridine rings is 1. The Balaban J connectivity index is 2.28. The molecule has 0 unspecified atom stereocenters. The van der Waals surface area contributed by atoms with E-state index in [9.17, 15) is 4.79 Å². The number of nitrogens with zero attached hydrogens (tertiary/aromatic N) is 2. The van der Waals surface area contributed by atoms with Crippen LogP contribution in [0.15, 0.2) is 24.4 Å². The highest BCUT2D eigenvalue weighted by atomic mass is 35.5. The lowest BCUT2D eigenvalue weighted by Crippen LogP contribution is -2.18. The first kappa shape index (κ1) is 14.9. The van der Waals surface area contributed by atoms with Crippen molar-refractivity contribution in [3.05, 3.63) is 46.0 Å². The Morgan fingerprint density at radius 1 is 1.35 bits per heavy atom. The number of halogens is 2. The van der Waals surface area contributed by atoms with Gasteiger partial charge < -0.3 is 9.88 Å². The Kier molecular flexibility index (Phi) is 4.35. The van der Waals surface area contributed by atoms with Crippen LogP contribution in [-0.2, 0) is 0 Å². The number of aromatic nitrogens is 2. The fourth-order valence-corrected chi connectivity index (χ4v) is 2.30. The van der Waals surface area contributed by atoms with Gasteiger partial charge in [0.25, 0.3) is 5.91 Å². The van der Waals surface area contributed by atoms with Crippen molar-refractivity contribution < 1.29 is 4.79 Å². The molecule has 0 radical (unpaired) electrons. The molecule has 1 amide bonds. The molecule has 0 aliphatic rings. The highest BCUT2D eigenvalue weighted by Gasteiger charge is 2.16. The van der Waals surface area contributed by atoms with Crippen molar-refractivity contribution in [2.24, 2.45) is 0 Å². The Bertz CT molecular complexity index is 650. The van der Waals surface area contributed by atoms with Crippen LogP contribution in [0.25, 0.3) is 0 Å². The predicted octanol–water partition coefficient (Wildman–Crippen LogP) is 4.33. The number of anilines is 1. The fourth-order valence-electron chi connectivity index (χ4n) is 1.90. The summed E-state index contributed by atoms with van der Waals surface area (Å²) >= 11 is 11.8. The van der Waals surface area contributed by atoms with Gasteiger partial charge in [-0.15, -0.1) is 0 Å². The molecule has 2 rings (SSSR count). The number of amides is 1. The van der Waals surface area contributed by atoms with Crippen molar-refractivity contribution in [1.29, 1.82) is 0 Å². The van der Waals surface area contributed by atoms with E-state index in [2.05, 4.69) is 10.3 Å². The van der Waals surface area contributed by atoms with Crippen LogP contribution < -0.4 is 5.32 Å². The molecule has 6 heteroatoms. The van der Waals surface area contributed by atoms with Gasteiger partial charge in [0, 0.05) is 12.2 Å². The SMILES string of the molecule is Cc1nc(Cl)ccc1NC(=O)c1cc(Cl)cn1C(C)C. The average molecular weight is 312 g/mol. The highest BCUT2D eigenvalue weighted by molar-refractivity contribution is 6.31. The average Bonchev–Trinajstić information content (AvgIpc) is 2.75. The lowest BCUT2D eigenvalue weighted by atomic mass is 10.3. The van der Waals surface area contributed by atoms with Crippen molar-refractivity contribution in [3.8, 4) is 0 Å². The minimum atomic E-state index is -0.224. The molecule has 1 N–H and O–H groups in total. The van der Waals surface area contributed by atoms with Gasteiger partial charge in [-0.2, -0.15) is 0 Å². The smallest absolute Gasteiger partial charge is 0.272 e. The first-order chi connectivity index (χ1) is 9.38. The van der Waals surface area contributed by atoms with Gasteiger partial charge in [-0.3, -0.25) is 4.79 Å². The lowest BCUT2D eigenvalue weighted by Gasteiger charge is -2.13. The topological polar surface area (TPSA) is 46.9 Å². The van der Waals surface area contributed by atoms with Crippen LogP contribution in [0.5, 0.6) is 0 Å². The first-order valence-corrected chi connectivity index (χ1v) is 6.96. The van der Waals surface area contributed by atoms with Crippen molar-refractivity contribution >= 4 is 34.8 Å². The lowest BCUT2D eigenvalue weighted by molar-refractivity contribution is 0.101. The number of hydrogen-bond donors (Lipinski definition) is 1. The molecule has 0 fully saturated rings. The summed E-state index contributed by atoms with van der Waals surface area (Å²) in [5, 5.41) is 3.76. The molecular formula is C14H15Cl2N3O. The molecule has 4 nitrogen and oxygen atoms in total. The molecule has 0 aliphatic carbocycles. The van der Waals surface area contributed by atoms with Crippen LogP contribution in [-0.4, -0.2) is 15.5 Å². The standard InChI is InChI=1S/C14H15Cl2N3O/c1-8(2)19-7-10(15)6-12(19)14(20)18-11-4-5-13(16)17-9(11)3/h4-8H,1-3H3,(H,18,20). The summed E-state index contributed by atoms with van der Waals surface area (Å²) in [5.41, 5.74) is 1.81. The molecule has 2 aromatic rings. The zero-order chi connectivity index (χ0) is 14.9. The van der Waals surface area contributed by atoms with E-state index in [0.29, 0.717) is 27.3 Å². The molecule has 0 aliphatic heterocycles. The third kappa shape index (κ3) is 3.14. The molecular weight excluding hydrogens is 297 g/mol. The van der Waals surface area contributed by atoms with Gasteiger partial charge in [-0.1, -0.05) is 23.2 Å². The third-order valence-corrected chi connectivity index (χ3v) is 3.32. The van der Waals surface area contributed by atoms with Crippen molar-refractivity contribution in [2.45, 2.75) is 26.8 Å². The van der Waals surface area contributed by atoms with Gasteiger partial charge >= 0.3 is 0 Å². The number of carbonyl (C=O) groups is 1. The van der Waals surface area contributed by atoms with Gasteiger partial charge in [-0.05, 0) is 39.0 Å². The zero-order valence-electron chi connectivity index (χ0n) is 11.4. The quantitative estimate of drug-likeness (QED) is 0.857. The van der Waals surface area contributed by atoms with E-state index in [-0.39, 0.29) is 11.9 Å². The van der Waals surface area contributed by atoms with E-state index in [0.717, 1.165) is 0 Å². The minimum absolute atomic E-state index is 0.146. The van der Waals surface area contributed by atoms with Gasteiger partial charge in [-0.25, -0.2) is 4.98 Å². The predicted molar refractivity (Wildman–Crippen MR) is 81.8 cm³/mol. The van der Waals surface area contributed by atoms with Gasteiger partial charge in [0.1, 0.15) is 10.8 Å². The van der Waals surface area contributed by atoms with Crippen LogP contribution in [0.1, 0.15) is 36.1 Å². The number of rotatable bonds is 3. The maximum atomic E-state index is 12.3. The number of hydrogen-bond acceptors (Lipinski definition) is 2. The summed E-state index contributed by atoms with van der Waals surface area (Å²) < 4.78 is 1.83. The van der Waals surface area contributed by atoms with E-state index in [4.69, 9.17) is 23.2 Å². The van der Waals surface area contributed by atoms with Crippen LogP contribution in [0, 0.1) is 6.92 Å². The fraction of sp³-hybridized carbons (Fsp3) is 0.286. The van der Waals surface area contributed by atoms with E-state index in [1.165, 1.54) is 0 Å². The van der Waals surface area contributed by atoms with E-state index in [1.54, 1.807) is 31.3 Å². The van der Waals surface area contributed by atoms with E-state index >= 15 is 0 Å². The van der Waals surface area contributed by atoms with Crippen LogP contribution in [0.2, 0.25) is 10.2 Å². The molecule has 20 heavy (non-hydrogen) atoms. The maximum Gasteiger partial charge on any atom is 0.272 e. The monoisotopic (exact) mass is 311 g/mol. The van der Waals surface area contributed by atoms with Crippen molar-refractivity contribution in [3.63, 3.8) is 0 Å². The summed E-state index contributed by atoms with van der Waals surface area (Å²) in [7, 11) is 0. The zero-order valence-corrected chi connectivity index (χ0v) is 13.0. The minimum Gasteiger partial charge on any atom is -0.339 e. The Hall–Kier alpha value is -1.52. The molecule has 0 saturated carbocycles. The molecule has 0 spiro atoms. The van der Waals surface area contributed by atoms with Crippen LogP contribution in [0.4, 0.5) is 5.69 Å². The molecule has 106 valence electrons. The van der Waals surface area contributed by atoms with Gasteiger partial charge in [0.05, 0.1) is 16.4 Å². The van der Waals surface area contributed by atoms with E-state index in [1.807, 2.05) is 18.4 Å². The Morgan fingerprint density at radius 3 is 2.65 bits per heavy atom. The van der Waals surface area contributed by atoms with Crippen molar-refractivity contribution in [1.82, 2.24) is 9.55 Å². The second-order valence-electron chi connectivity index (χ2n) is 4.77. The number of nitrogens with one attached hydrogen (secondary N) is 1. The summed E-state index contributed by atoms with van der Waals surface area (Å²) in [6, 6.07) is 5.16. The summed E-state index contributed by atoms with van der Waals surface area (Å²) in [5.74, 6) is -0.224. The summed E-state index contributed by atoms with van der Waals surface area (Å²) in [4.78, 5) is 16.4. The molecule has 0 aromatic carbocycles. The van der Waals surface area contributed by atoms with Crippen LogP contribution in [0.3, 0.4) is 0 Å². The molecule has 0 bridgehead atoms. The Labute approximate surface area is 127 Å². The highest BCUT2D eigenvalue weighted by Crippen LogP contribution is 2.21. The number of carbonyl (C=O) groups excluding carboxylic acids is 1. The summed E-state index contributed by atoms with van der Waals surface area (Å²) in [6.07, 6.45) is 1.74. The first-order valence-electron chi connectivity index (χ1n) is 6.20. The largest absolute Gasteiger partial charge is 0.339 e. The van der Waals surface area contributed by atoms with Gasteiger partial charge in [0.2, 0.25) is 0 Å². The second-order valence-corrected chi connectivity index (χ2v) is 5.59. The normalized spacial score (nSPS) is 10.9. The Morgan fingerprint density at radius 2 is 2.05 bits per heavy atom. The summed E-state index contributed by atoms with van der Waals surface area (Å²) in [6.45, 7) is 5.76. The van der Waals surface area contributed by atoms with Gasteiger partial charge in [0.15, 0.2) is 0 Å². The van der Waals surface area contributed by atoms with Crippen LogP contribution >= 0.6 is 23.2 Å². The molecule has 0 atom stereocenters. The molecule has 0 saturated heterocycles. The molecule has 2 aromatic heterocycles.